The van der Waals surface area contributed by atoms with Gasteiger partial charge in [0.25, 0.3) is 0 Å². The van der Waals surface area contributed by atoms with Crippen molar-refractivity contribution in [1.82, 2.24) is 4.98 Å². The number of pyridine rings is 1. The maximum Gasteiger partial charge on any atom is 0.303 e. The highest BCUT2D eigenvalue weighted by Crippen LogP contribution is 2.18. The van der Waals surface area contributed by atoms with E-state index in [0.717, 1.165) is 37.3 Å². The Balaban J connectivity index is 2.51. The number of carboxylic acid groups (broad SMARTS) is 1. The van der Waals surface area contributed by atoms with Crippen LogP contribution >= 0.6 is 0 Å². The number of ether oxygens (including phenoxy) is 1. The molecule has 0 aliphatic carbocycles. The molecule has 25 heavy (non-hydrogen) atoms. The van der Waals surface area contributed by atoms with Gasteiger partial charge in [-0.15, -0.1) is 0 Å². The van der Waals surface area contributed by atoms with Crippen LogP contribution in [0.15, 0.2) is 12.1 Å². The van der Waals surface area contributed by atoms with Crippen molar-refractivity contribution in [2.45, 2.75) is 90.9 Å². The van der Waals surface area contributed by atoms with Gasteiger partial charge in [0.05, 0.1) is 6.61 Å². The third kappa shape index (κ3) is 10.8. The Morgan fingerprint density at radius 1 is 0.960 bits per heavy atom. The van der Waals surface area contributed by atoms with Crippen molar-refractivity contribution in [3.63, 3.8) is 0 Å². The molecule has 1 aromatic heterocycles. The third-order valence-electron chi connectivity index (χ3n) is 4.31. The summed E-state index contributed by atoms with van der Waals surface area (Å²) in [4.78, 5) is 15.2. The number of aromatic nitrogens is 1. The molecule has 0 saturated carbocycles. The molecule has 4 heteroatoms. The molecule has 0 bridgehead atoms. The van der Waals surface area contributed by atoms with Crippen molar-refractivity contribution in [1.29, 1.82) is 0 Å². The lowest BCUT2D eigenvalue weighted by molar-refractivity contribution is -0.137. The highest BCUT2D eigenvalue weighted by Gasteiger charge is 2.05. The summed E-state index contributed by atoms with van der Waals surface area (Å²) in [6.45, 7) is 5.05. The first-order chi connectivity index (χ1) is 12.2. The molecule has 0 fully saturated rings. The van der Waals surface area contributed by atoms with Crippen LogP contribution in [-0.4, -0.2) is 22.7 Å². The van der Waals surface area contributed by atoms with Gasteiger partial charge in [0.15, 0.2) is 0 Å². The van der Waals surface area contributed by atoms with Crippen LogP contribution < -0.4 is 4.74 Å². The Labute approximate surface area is 153 Å². The molecule has 1 heterocycles. The predicted octanol–water partition coefficient (Wildman–Crippen LogP) is 5.57. The van der Waals surface area contributed by atoms with Crippen LogP contribution in [0.2, 0.25) is 0 Å². The van der Waals surface area contributed by atoms with Crippen LogP contribution in [0.1, 0.15) is 89.3 Å². The number of nitrogens with zero attached hydrogens (tertiary/aromatic N) is 1. The number of aryl methyl sites for hydroxylation is 2. The molecule has 0 spiro atoms. The van der Waals surface area contributed by atoms with Crippen molar-refractivity contribution in [3.05, 3.63) is 23.4 Å². The first kappa shape index (κ1) is 21.5. The van der Waals surface area contributed by atoms with Crippen LogP contribution in [0.3, 0.4) is 0 Å². The standard InChI is InChI=1S/C21H35NO3/c1-3-5-8-12-18-16-19(13-9-6-4-2)22-20(17-18)25-15-11-7-10-14-21(23)24/h16-17H,3-15H2,1-2H3,(H,23,24). The summed E-state index contributed by atoms with van der Waals surface area (Å²) in [6, 6.07) is 4.32. The van der Waals surface area contributed by atoms with Gasteiger partial charge in [-0.2, -0.15) is 0 Å². The van der Waals surface area contributed by atoms with Crippen molar-refractivity contribution in [2.24, 2.45) is 0 Å². The zero-order valence-corrected chi connectivity index (χ0v) is 16.1. The van der Waals surface area contributed by atoms with E-state index < -0.39 is 5.97 Å². The zero-order chi connectivity index (χ0) is 18.3. The molecule has 0 saturated heterocycles. The van der Waals surface area contributed by atoms with Gasteiger partial charge >= 0.3 is 5.97 Å². The van der Waals surface area contributed by atoms with Gasteiger partial charge in [0.2, 0.25) is 5.88 Å². The second-order valence-electron chi connectivity index (χ2n) is 6.77. The molecular weight excluding hydrogens is 314 g/mol. The fraction of sp³-hybridized carbons (Fsp3) is 0.714. The largest absolute Gasteiger partial charge is 0.481 e. The van der Waals surface area contributed by atoms with Crippen LogP contribution in [0.25, 0.3) is 0 Å². The molecule has 0 radical (unpaired) electrons. The highest BCUT2D eigenvalue weighted by atomic mass is 16.5. The monoisotopic (exact) mass is 349 g/mol. The Morgan fingerprint density at radius 2 is 1.68 bits per heavy atom. The third-order valence-corrected chi connectivity index (χ3v) is 4.31. The number of unbranched alkanes of at least 4 members (excludes halogenated alkanes) is 6. The van der Waals surface area contributed by atoms with E-state index in [1.807, 2.05) is 0 Å². The maximum absolute atomic E-state index is 10.5. The van der Waals surface area contributed by atoms with Crippen LogP contribution in [-0.2, 0) is 17.6 Å². The van der Waals surface area contributed by atoms with Crippen LogP contribution in [0.4, 0.5) is 0 Å². The number of hydrogen-bond donors (Lipinski definition) is 1. The average Bonchev–Trinajstić information content (AvgIpc) is 2.58. The van der Waals surface area contributed by atoms with E-state index >= 15 is 0 Å². The SMILES string of the molecule is CCCCCc1cc(CCCCC)nc(OCCCCCC(=O)O)c1. The Hall–Kier alpha value is -1.58. The molecular formula is C21H35NO3. The van der Waals surface area contributed by atoms with Gasteiger partial charge in [-0.25, -0.2) is 4.98 Å². The predicted molar refractivity (Wildman–Crippen MR) is 102 cm³/mol. The molecule has 4 nitrogen and oxygen atoms in total. The summed E-state index contributed by atoms with van der Waals surface area (Å²) >= 11 is 0. The van der Waals surface area contributed by atoms with Crippen molar-refractivity contribution in [3.8, 4) is 5.88 Å². The smallest absolute Gasteiger partial charge is 0.303 e. The summed E-state index contributed by atoms with van der Waals surface area (Å²) in [5.41, 5.74) is 2.47. The number of rotatable bonds is 15. The molecule has 0 atom stereocenters. The maximum atomic E-state index is 10.5. The molecule has 1 rings (SSSR count). The van der Waals surface area contributed by atoms with Crippen molar-refractivity contribution < 1.29 is 14.6 Å². The number of carbonyl (C=O) groups is 1. The molecule has 0 aliphatic heterocycles. The zero-order valence-electron chi connectivity index (χ0n) is 16.1. The minimum atomic E-state index is -0.723. The summed E-state index contributed by atoms with van der Waals surface area (Å²) in [7, 11) is 0. The number of hydrogen-bond acceptors (Lipinski definition) is 3. The lowest BCUT2D eigenvalue weighted by atomic mass is 10.1. The minimum Gasteiger partial charge on any atom is -0.481 e. The van der Waals surface area contributed by atoms with E-state index in [9.17, 15) is 4.79 Å². The first-order valence-corrected chi connectivity index (χ1v) is 10.00. The second kappa shape index (κ2) is 13.7. The fourth-order valence-electron chi connectivity index (χ4n) is 2.83. The fourth-order valence-corrected chi connectivity index (χ4v) is 2.83. The quantitative estimate of drug-likeness (QED) is 0.420. The summed E-state index contributed by atoms with van der Waals surface area (Å²) in [5, 5.41) is 8.65. The van der Waals surface area contributed by atoms with Gasteiger partial charge in [-0.1, -0.05) is 39.5 Å². The van der Waals surface area contributed by atoms with Gasteiger partial charge in [-0.05, 0) is 56.6 Å². The first-order valence-electron chi connectivity index (χ1n) is 10.00. The van der Waals surface area contributed by atoms with E-state index in [1.54, 1.807) is 0 Å². The van der Waals surface area contributed by atoms with Gasteiger partial charge in [-0.3, -0.25) is 4.79 Å². The van der Waals surface area contributed by atoms with Crippen molar-refractivity contribution in [2.75, 3.05) is 6.61 Å². The molecule has 0 aliphatic rings. The molecule has 1 N–H and O–H groups in total. The average molecular weight is 350 g/mol. The molecule has 0 amide bonds. The molecule has 142 valence electrons. The van der Waals surface area contributed by atoms with E-state index in [-0.39, 0.29) is 6.42 Å². The lowest BCUT2D eigenvalue weighted by Crippen LogP contribution is -2.03. The Morgan fingerprint density at radius 3 is 2.36 bits per heavy atom. The highest BCUT2D eigenvalue weighted by molar-refractivity contribution is 5.66. The van der Waals surface area contributed by atoms with E-state index in [4.69, 9.17) is 9.84 Å². The van der Waals surface area contributed by atoms with Crippen molar-refractivity contribution >= 4 is 5.97 Å². The topological polar surface area (TPSA) is 59.4 Å². The van der Waals surface area contributed by atoms with Gasteiger partial charge in [0.1, 0.15) is 0 Å². The van der Waals surface area contributed by atoms with Gasteiger partial charge in [0, 0.05) is 18.2 Å². The normalized spacial score (nSPS) is 10.8. The van der Waals surface area contributed by atoms with Crippen LogP contribution in [0.5, 0.6) is 5.88 Å². The molecule has 0 aromatic carbocycles. The van der Waals surface area contributed by atoms with Crippen LogP contribution in [0, 0.1) is 0 Å². The van der Waals surface area contributed by atoms with E-state index in [1.165, 1.54) is 44.1 Å². The van der Waals surface area contributed by atoms with Gasteiger partial charge < -0.3 is 9.84 Å². The summed E-state index contributed by atoms with van der Waals surface area (Å²) in [5.74, 6) is 0.0119. The van der Waals surface area contributed by atoms with E-state index in [2.05, 4.69) is 31.0 Å². The Bertz CT molecular complexity index is 460. The number of aliphatic carboxylic acids is 1. The summed E-state index contributed by atoms with van der Waals surface area (Å²) in [6.07, 6.45) is 12.2. The minimum absolute atomic E-state index is 0.243. The second-order valence-corrected chi connectivity index (χ2v) is 6.77. The lowest BCUT2D eigenvalue weighted by Gasteiger charge is -2.10. The molecule has 1 aromatic rings. The number of carboxylic acids is 1. The Kier molecular flexibility index (Phi) is 11.7. The van der Waals surface area contributed by atoms with E-state index in [0.29, 0.717) is 13.0 Å². The summed E-state index contributed by atoms with van der Waals surface area (Å²) < 4.78 is 5.85. The molecule has 0 unspecified atom stereocenters.